The molecule has 0 saturated carbocycles. The van der Waals surface area contributed by atoms with Crippen molar-refractivity contribution >= 4 is 11.7 Å². The molecule has 2 amide bonds. The van der Waals surface area contributed by atoms with E-state index in [2.05, 4.69) is 20.4 Å². The van der Waals surface area contributed by atoms with Gasteiger partial charge in [0.25, 0.3) is 0 Å². The Balaban J connectivity index is 1.74. The van der Waals surface area contributed by atoms with E-state index in [1.165, 1.54) is 18.3 Å². The maximum absolute atomic E-state index is 12.0. The van der Waals surface area contributed by atoms with E-state index in [0.29, 0.717) is 18.8 Å². The fourth-order valence-electron chi connectivity index (χ4n) is 1.88. The summed E-state index contributed by atoms with van der Waals surface area (Å²) in [5.41, 5.74) is 0.351. The van der Waals surface area contributed by atoms with Crippen molar-refractivity contribution in [3.63, 3.8) is 0 Å². The van der Waals surface area contributed by atoms with E-state index in [9.17, 15) is 18.0 Å². The summed E-state index contributed by atoms with van der Waals surface area (Å²) in [6, 6.07) is 2.23. The van der Waals surface area contributed by atoms with Gasteiger partial charge in [0.05, 0.1) is 18.0 Å². The number of nitrogens with one attached hydrogen (secondary N) is 2. The van der Waals surface area contributed by atoms with Gasteiger partial charge in [0.1, 0.15) is 0 Å². The SMILES string of the molecule is O=C(NC[C@H]1CCCO1)Nc1ccc(OCC(F)(F)F)nc1. The summed E-state index contributed by atoms with van der Waals surface area (Å²) >= 11 is 0. The molecule has 2 heterocycles. The van der Waals surface area contributed by atoms with E-state index in [1.54, 1.807) is 0 Å². The number of amides is 2. The molecular weight excluding hydrogens is 303 g/mol. The van der Waals surface area contributed by atoms with E-state index >= 15 is 0 Å². The van der Waals surface area contributed by atoms with Crippen LogP contribution in [0.1, 0.15) is 12.8 Å². The highest BCUT2D eigenvalue weighted by Crippen LogP contribution is 2.18. The number of hydrogen-bond acceptors (Lipinski definition) is 4. The molecule has 0 radical (unpaired) electrons. The lowest BCUT2D eigenvalue weighted by Gasteiger charge is -2.12. The van der Waals surface area contributed by atoms with Crippen LogP contribution in [0.5, 0.6) is 5.88 Å². The first kappa shape index (κ1) is 16.3. The molecule has 6 nitrogen and oxygen atoms in total. The second kappa shape index (κ2) is 7.30. The molecule has 1 aromatic heterocycles. The van der Waals surface area contributed by atoms with Gasteiger partial charge in [-0.3, -0.25) is 0 Å². The zero-order chi connectivity index (χ0) is 16.0. The minimum Gasteiger partial charge on any atom is -0.468 e. The zero-order valence-electron chi connectivity index (χ0n) is 11.7. The molecule has 0 bridgehead atoms. The maximum atomic E-state index is 12.0. The lowest BCUT2D eigenvalue weighted by molar-refractivity contribution is -0.154. The summed E-state index contributed by atoms with van der Waals surface area (Å²) in [5.74, 6) is -0.164. The number of halogens is 3. The highest BCUT2D eigenvalue weighted by molar-refractivity contribution is 5.89. The molecule has 0 aromatic carbocycles. The van der Waals surface area contributed by atoms with Gasteiger partial charge in [0.2, 0.25) is 5.88 Å². The zero-order valence-corrected chi connectivity index (χ0v) is 11.7. The fraction of sp³-hybridized carbons (Fsp3) is 0.538. The Kier molecular flexibility index (Phi) is 5.42. The summed E-state index contributed by atoms with van der Waals surface area (Å²) in [6.45, 7) is -0.294. The van der Waals surface area contributed by atoms with Gasteiger partial charge in [0, 0.05) is 19.2 Å². The summed E-state index contributed by atoms with van der Waals surface area (Å²) < 4.78 is 45.8. The van der Waals surface area contributed by atoms with Crippen LogP contribution >= 0.6 is 0 Å². The number of hydrogen-bond donors (Lipinski definition) is 2. The van der Waals surface area contributed by atoms with Crippen molar-refractivity contribution in [3.8, 4) is 5.88 Å². The Morgan fingerprint density at radius 1 is 1.45 bits per heavy atom. The largest absolute Gasteiger partial charge is 0.468 e. The third kappa shape index (κ3) is 5.76. The molecule has 1 atom stereocenters. The molecular formula is C13H16F3N3O3. The van der Waals surface area contributed by atoms with Crippen LogP contribution in [-0.4, -0.2) is 43.1 Å². The molecule has 1 fully saturated rings. The standard InChI is InChI=1S/C13H16F3N3O3/c14-13(15,16)8-22-11-4-3-9(6-17-11)19-12(20)18-7-10-2-1-5-21-10/h3-4,6,10H,1-2,5,7-8H2,(H2,18,19,20)/t10-/m1/s1. The minimum atomic E-state index is -4.42. The lowest BCUT2D eigenvalue weighted by atomic mass is 10.2. The van der Waals surface area contributed by atoms with Crippen LogP contribution in [0.15, 0.2) is 18.3 Å². The maximum Gasteiger partial charge on any atom is 0.422 e. The van der Waals surface area contributed by atoms with Crippen molar-refractivity contribution in [1.82, 2.24) is 10.3 Å². The number of aromatic nitrogens is 1. The highest BCUT2D eigenvalue weighted by atomic mass is 19.4. The van der Waals surface area contributed by atoms with Gasteiger partial charge in [-0.1, -0.05) is 0 Å². The van der Waals surface area contributed by atoms with E-state index < -0.39 is 18.8 Å². The number of alkyl halides is 3. The first-order valence-electron chi connectivity index (χ1n) is 6.74. The number of carbonyl (C=O) groups is 1. The number of urea groups is 1. The van der Waals surface area contributed by atoms with Gasteiger partial charge < -0.3 is 20.1 Å². The quantitative estimate of drug-likeness (QED) is 0.874. The average Bonchev–Trinajstić information content (AvgIpc) is 2.97. The van der Waals surface area contributed by atoms with Crippen LogP contribution in [0.2, 0.25) is 0 Å². The molecule has 9 heteroatoms. The van der Waals surface area contributed by atoms with Gasteiger partial charge in [0.15, 0.2) is 6.61 Å². The van der Waals surface area contributed by atoms with Gasteiger partial charge in [-0.15, -0.1) is 0 Å². The lowest BCUT2D eigenvalue weighted by Crippen LogP contribution is -2.35. The predicted molar refractivity (Wildman–Crippen MR) is 71.8 cm³/mol. The van der Waals surface area contributed by atoms with Crippen LogP contribution in [0.4, 0.5) is 23.7 Å². The Bertz CT molecular complexity index is 488. The van der Waals surface area contributed by atoms with Crippen LogP contribution < -0.4 is 15.4 Å². The van der Waals surface area contributed by atoms with Crippen molar-refractivity contribution in [1.29, 1.82) is 0 Å². The first-order valence-corrected chi connectivity index (χ1v) is 6.74. The van der Waals surface area contributed by atoms with Crippen molar-refractivity contribution < 1.29 is 27.4 Å². The van der Waals surface area contributed by atoms with E-state index in [-0.39, 0.29) is 12.0 Å². The van der Waals surface area contributed by atoms with E-state index in [0.717, 1.165) is 12.8 Å². The molecule has 2 N–H and O–H groups in total. The Hall–Kier alpha value is -2.03. The minimum absolute atomic E-state index is 0.0296. The molecule has 0 unspecified atom stereocenters. The molecule has 122 valence electrons. The number of carbonyl (C=O) groups excluding carboxylic acids is 1. The number of ether oxygens (including phenoxy) is 2. The van der Waals surface area contributed by atoms with Gasteiger partial charge in [-0.25, -0.2) is 9.78 Å². The molecule has 1 saturated heterocycles. The summed E-state index contributed by atoms with van der Waals surface area (Å²) in [5, 5.41) is 5.17. The molecule has 0 spiro atoms. The van der Waals surface area contributed by atoms with Crippen molar-refractivity contribution in [2.75, 3.05) is 25.1 Å². The summed E-state index contributed by atoms with van der Waals surface area (Å²) in [7, 11) is 0. The summed E-state index contributed by atoms with van der Waals surface area (Å²) in [6.07, 6.45) is -1.27. The second-order valence-corrected chi connectivity index (χ2v) is 4.76. The fourth-order valence-corrected chi connectivity index (χ4v) is 1.88. The van der Waals surface area contributed by atoms with Crippen molar-refractivity contribution in [2.24, 2.45) is 0 Å². The Labute approximate surface area is 125 Å². The van der Waals surface area contributed by atoms with E-state index in [4.69, 9.17) is 4.74 Å². The van der Waals surface area contributed by atoms with Crippen LogP contribution in [0.25, 0.3) is 0 Å². The number of nitrogens with zero attached hydrogens (tertiary/aromatic N) is 1. The second-order valence-electron chi connectivity index (χ2n) is 4.76. The summed E-state index contributed by atoms with van der Waals surface area (Å²) in [4.78, 5) is 15.3. The number of pyridine rings is 1. The molecule has 1 aliphatic rings. The normalized spacial score (nSPS) is 18.0. The highest BCUT2D eigenvalue weighted by Gasteiger charge is 2.28. The Morgan fingerprint density at radius 3 is 2.86 bits per heavy atom. The predicted octanol–water partition coefficient (Wildman–Crippen LogP) is 2.32. The van der Waals surface area contributed by atoms with Crippen LogP contribution in [0.3, 0.4) is 0 Å². The van der Waals surface area contributed by atoms with E-state index in [1.807, 2.05) is 0 Å². The molecule has 1 aliphatic heterocycles. The molecule has 1 aromatic rings. The van der Waals surface area contributed by atoms with Crippen LogP contribution in [0, 0.1) is 0 Å². The van der Waals surface area contributed by atoms with Crippen molar-refractivity contribution in [2.45, 2.75) is 25.1 Å². The van der Waals surface area contributed by atoms with Gasteiger partial charge >= 0.3 is 12.2 Å². The average molecular weight is 319 g/mol. The third-order valence-electron chi connectivity index (χ3n) is 2.89. The molecule has 0 aliphatic carbocycles. The topological polar surface area (TPSA) is 72.5 Å². The Morgan fingerprint density at radius 2 is 2.27 bits per heavy atom. The monoisotopic (exact) mass is 319 g/mol. The smallest absolute Gasteiger partial charge is 0.422 e. The van der Waals surface area contributed by atoms with Gasteiger partial charge in [-0.2, -0.15) is 13.2 Å². The molecule has 22 heavy (non-hydrogen) atoms. The van der Waals surface area contributed by atoms with Gasteiger partial charge in [-0.05, 0) is 18.9 Å². The third-order valence-corrected chi connectivity index (χ3v) is 2.89. The first-order chi connectivity index (χ1) is 10.4. The van der Waals surface area contributed by atoms with Crippen LogP contribution in [-0.2, 0) is 4.74 Å². The number of rotatable bonds is 5. The van der Waals surface area contributed by atoms with Crippen molar-refractivity contribution in [3.05, 3.63) is 18.3 Å². The number of anilines is 1. The molecule has 2 rings (SSSR count).